The molecular formula is C41H49NO15. The molecule has 4 aliphatic carbocycles. The fourth-order valence-corrected chi connectivity index (χ4v) is 9.30. The molecule has 1 amide bonds. The van der Waals surface area contributed by atoms with Gasteiger partial charge in [-0.2, -0.15) is 0 Å². The van der Waals surface area contributed by atoms with Gasteiger partial charge in [0.05, 0.1) is 35.3 Å². The summed E-state index contributed by atoms with van der Waals surface area (Å²) in [6.07, 6.45) is -9.09. The Bertz CT molecular complexity index is 1930. The van der Waals surface area contributed by atoms with Crippen molar-refractivity contribution >= 4 is 35.8 Å². The molecule has 16 nitrogen and oxygen atoms in total. The monoisotopic (exact) mass is 795 g/mol. The number of alkyl carbamates (subject to hydrolysis) is 1. The van der Waals surface area contributed by atoms with Crippen molar-refractivity contribution in [3.63, 3.8) is 0 Å². The van der Waals surface area contributed by atoms with Crippen LogP contribution in [0.3, 0.4) is 0 Å². The van der Waals surface area contributed by atoms with Gasteiger partial charge in [0, 0.05) is 32.1 Å². The number of rotatable bonds is 10. The molecule has 4 N–H and O–H groups in total. The molecule has 308 valence electrons. The molecule has 3 saturated carbocycles. The average Bonchev–Trinajstić information content (AvgIpc) is 3.99. The van der Waals surface area contributed by atoms with E-state index in [4.69, 9.17) is 28.4 Å². The van der Waals surface area contributed by atoms with Crippen LogP contribution in [0.25, 0.3) is 0 Å². The Balaban J connectivity index is 1.54. The van der Waals surface area contributed by atoms with Crippen LogP contribution in [0.4, 0.5) is 4.79 Å². The van der Waals surface area contributed by atoms with Crippen LogP contribution < -0.4 is 5.32 Å². The standard InChI is InChI=1S/C41H49NO15/c1-8-16-52-37(50)42-29(23-14-15-23)30(46)36(49)55-25-18-41(51)34(56-35(48)24-12-10-9-11-13-24)32-39(7,26(45)17-27-40(32,19-53-27)57-22(4)44)33(47)31(54-21(3)43)28(20(25)2)38(41,5)6/h8-13,25-27,30-32,34,45-46,51H,1,14-19H2,2-7H3,(H,42,50)/t25?,26-,27+,30+,31+,32-,34-,39+,40-,41+/m0/s1. The summed E-state index contributed by atoms with van der Waals surface area (Å²) < 4.78 is 34.9. The number of fused-ring (bicyclic) bond motifs is 5. The number of benzene rings is 1. The quantitative estimate of drug-likeness (QED) is 0.152. The normalized spacial score (nSPS) is 34.0. The van der Waals surface area contributed by atoms with E-state index < -0.39 is 107 Å². The molecule has 1 unspecified atom stereocenters. The molecule has 6 rings (SSSR count). The molecule has 10 atom stereocenters. The Morgan fingerprint density at radius 1 is 1.04 bits per heavy atom. The number of ether oxygens (including phenoxy) is 6. The lowest BCUT2D eigenvalue weighted by Crippen LogP contribution is -2.82. The van der Waals surface area contributed by atoms with Crippen LogP contribution in [0.1, 0.15) is 77.6 Å². The number of carbonyl (C=O) groups is 6. The van der Waals surface area contributed by atoms with Crippen LogP contribution >= 0.6 is 0 Å². The second-order valence-corrected chi connectivity index (χ2v) is 16.1. The van der Waals surface area contributed by atoms with Gasteiger partial charge in [-0.1, -0.05) is 44.7 Å². The Labute approximate surface area is 329 Å². The minimum Gasteiger partial charge on any atom is -0.456 e. The minimum atomic E-state index is -2.37. The molecule has 0 radical (unpaired) electrons. The predicted octanol–water partition coefficient (Wildman–Crippen LogP) is 2.52. The first kappa shape index (κ1) is 41.7. The molecule has 1 aromatic rings. The van der Waals surface area contributed by atoms with Gasteiger partial charge < -0.3 is 43.7 Å². The smallest absolute Gasteiger partial charge is 0.411 e. The van der Waals surface area contributed by atoms with Crippen molar-refractivity contribution in [1.82, 2.24) is 5.32 Å². The number of hydrogen-bond acceptors (Lipinski definition) is 15. The third-order valence-corrected chi connectivity index (χ3v) is 12.4. The molecule has 1 aliphatic heterocycles. The number of ketones is 1. The molecule has 5 aliphatic rings. The second-order valence-electron chi connectivity index (χ2n) is 16.1. The lowest BCUT2D eigenvalue weighted by Gasteiger charge is -2.67. The number of esters is 4. The van der Waals surface area contributed by atoms with Crippen LogP contribution in [-0.2, 0) is 47.6 Å². The number of allylic oxidation sites excluding steroid dienone is 1. The lowest BCUT2D eigenvalue weighted by atomic mass is 9.44. The fourth-order valence-electron chi connectivity index (χ4n) is 9.30. The number of Topliss-reactive ketones (excluding diaryl/α,β-unsaturated/α-hetero) is 1. The van der Waals surface area contributed by atoms with Gasteiger partial charge in [0.15, 0.2) is 23.6 Å². The van der Waals surface area contributed by atoms with Gasteiger partial charge in [0.2, 0.25) is 0 Å². The van der Waals surface area contributed by atoms with Gasteiger partial charge in [-0.3, -0.25) is 19.7 Å². The van der Waals surface area contributed by atoms with Gasteiger partial charge in [-0.25, -0.2) is 14.4 Å². The summed E-state index contributed by atoms with van der Waals surface area (Å²) >= 11 is 0. The summed E-state index contributed by atoms with van der Waals surface area (Å²) in [5, 5.41) is 39.2. The second kappa shape index (κ2) is 15.1. The van der Waals surface area contributed by atoms with Crippen molar-refractivity contribution in [2.24, 2.45) is 16.7 Å². The molecule has 1 saturated heterocycles. The van der Waals surface area contributed by atoms with E-state index in [0.717, 1.165) is 13.8 Å². The third kappa shape index (κ3) is 6.95. The molecular weight excluding hydrogens is 746 g/mol. The highest BCUT2D eigenvalue weighted by Crippen LogP contribution is 2.64. The van der Waals surface area contributed by atoms with Crippen molar-refractivity contribution in [2.45, 2.75) is 115 Å². The maximum absolute atomic E-state index is 15.3. The number of aliphatic hydroxyl groups is 3. The summed E-state index contributed by atoms with van der Waals surface area (Å²) in [4.78, 5) is 81.5. The van der Waals surface area contributed by atoms with E-state index >= 15 is 4.79 Å². The van der Waals surface area contributed by atoms with Gasteiger partial charge >= 0.3 is 30.0 Å². The molecule has 1 aromatic carbocycles. The van der Waals surface area contributed by atoms with Gasteiger partial charge in [0.25, 0.3) is 0 Å². The van der Waals surface area contributed by atoms with E-state index in [1.165, 1.54) is 32.1 Å². The SMILES string of the molecule is C=CCOC(=O)NC(=C1CC1)[C@@H](O)C(=O)OC1C[C@@]2(O)[C@@H](OC(=O)c3ccccc3)[C@@H]3[C@]4(OC(C)=O)CO[C@@H]4C[C@H](O)[C@@]3(C)C(=O)[C@H](OC(C)=O)C(=C1C)C2(C)C. The zero-order valence-corrected chi connectivity index (χ0v) is 32.7. The first-order chi connectivity index (χ1) is 26.7. The highest BCUT2D eigenvalue weighted by Gasteiger charge is 2.78. The lowest BCUT2D eigenvalue weighted by molar-refractivity contribution is -0.346. The zero-order valence-electron chi connectivity index (χ0n) is 32.7. The van der Waals surface area contributed by atoms with Gasteiger partial charge in [-0.05, 0) is 55.5 Å². The van der Waals surface area contributed by atoms with E-state index in [0.29, 0.717) is 18.4 Å². The van der Waals surface area contributed by atoms with Gasteiger partial charge in [0.1, 0.15) is 30.5 Å². The van der Waals surface area contributed by atoms with Crippen molar-refractivity contribution in [3.8, 4) is 0 Å². The molecule has 2 bridgehead atoms. The molecule has 57 heavy (non-hydrogen) atoms. The maximum Gasteiger partial charge on any atom is 0.411 e. The number of amides is 1. The highest BCUT2D eigenvalue weighted by atomic mass is 16.6. The summed E-state index contributed by atoms with van der Waals surface area (Å²) in [7, 11) is 0. The molecule has 16 heteroatoms. The number of carbonyl (C=O) groups excluding carboxylic acids is 6. The fraction of sp³-hybridized carbons (Fsp3) is 0.561. The van der Waals surface area contributed by atoms with Gasteiger partial charge in [-0.15, -0.1) is 0 Å². The largest absolute Gasteiger partial charge is 0.456 e. The summed E-state index contributed by atoms with van der Waals surface area (Å²) in [6.45, 7) is 11.3. The van der Waals surface area contributed by atoms with Crippen molar-refractivity contribution in [3.05, 3.63) is 71.0 Å². The topological polar surface area (TPSA) is 231 Å². The molecule has 0 aromatic heterocycles. The number of hydrogen-bond donors (Lipinski definition) is 4. The van der Waals surface area contributed by atoms with Crippen molar-refractivity contribution in [2.75, 3.05) is 13.2 Å². The van der Waals surface area contributed by atoms with Crippen LogP contribution in [0.15, 0.2) is 65.4 Å². The van der Waals surface area contributed by atoms with Crippen molar-refractivity contribution in [1.29, 1.82) is 0 Å². The van der Waals surface area contributed by atoms with E-state index in [2.05, 4.69) is 11.9 Å². The number of aliphatic hydroxyl groups excluding tert-OH is 2. The van der Waals surface area contributed by atoms with Crippen LogP contribution in [0.2, 0.25) is 0 Å². The third-order valence-electron chi connectivity index (χ3n) is 12.4. The first-order valence-corrected chi connectivity index (χ1v) is 18.8. The molecule has 0 spiro atoms. The van der Waals surface area contributed by atoms with E-state index in [9.17, 15) is 39.3 Å². The summed E-state index contributed by atoms with van der Waals surface area (Å²) in [5.41, 5.74) is -7.16. The molecule has 4 fully saturated rings. The highest BCUT2D eigenvalue weighted by molar-refractivity contribution is 5.95. The zero-order chi connectivity index (χ0) is 41.8. The van der Waals surface area contributed by atoms with Crippen molar-refractivity contribution < 1.29 is 72.5 Å². The van der Waals surface area contributed by atoms with Crippen LogP contribution in [0, 0.1) is 16.7 Å². The van der Waals surface area contributed by atoms with Crippen LogP contribution in [-0.4, -0.2) is 112 Å². The maximum atomic E-state index is 15.3. The average molecular weight is 796 g/mol. The van der Waals surface area contributed by atoms with E-state index in [1.807, 2.05) is 0 Å². The summed E-state index contributed by atoms with van der Waals surface area (Å²) in [5.74, 6) is -6.25. The first-order valence-electron chi connectivity index (χ1n) is 18.8. The van der Waals surface area contributed by atoms with E-state index in [1.54, 1.807) is 32.0 Å². The Kier molecular flexibility index (Phi) is 11.1. The number of nitrogens with one attached hydrogen (secondary N) is 1. The Morgan fingerprint density at radius 2 is 1.70 bits per heavy atom. The summed E-state index contributed by atoms with van der Waals surface area (Å²) in [6, 6.07) is 7.82. The van der Waals surface area contributed by atoms with E-state index in [-0.39, 0.29) is 42.0 Å². The molecule has 1 heterocycles. The van der Waals surface area contributed by atoms with Crippen LogP contribution in [0.5, 0.6) is 0 Å². The predicted molar refractivity (Wildman–Crippen MR) is 196 cm³/mol. The minimum absolute atomic E-state index is 0.00297. The Morgan fingerprint density at radius 3 is 2.26 bits per heavy atom. The Hall–Kier alpha value is -4.90.